The highest BCUT2D eigenvalue weighted by atomic mass is 35.5. The predicted molar refractivity (Wildman–Crippen MR) is 138 cm³/mol. The van der Waals surface area contributed by atoms with Crippen LogP contribution in [0, 0.1) is 0 Å². The molecule has 2 aromatic rings. The summed E-state index contributed by atoms with van der Waals surface area (Å²) in [6.45, 7) is 10.5. The first-order chi connectivity index (χ1) is 15.7. The van der Waals surface area contributed by atoms with E-state index in [9.17, 15) is 9.59 Å². The molecule has 33 heavy (non-hydrogen) atoms. The van der Waals surface area contributed by atoms with E-state index in [0.717, 1.165) is 17.5 Å². The Balaban J connectivity index is 2.23. The molecular weight excluding hydrogens is 455 g/mol. The predicted octanol–water partition coefficient (Wildman–Crippen LogP) is 6.77. The van der Waals surface area contributed by atoms with Gasteiger partial charge in [-0.2, -0.15) is 0 Å². The maximum absolute atomic E-state index is 13.4. The smallest absolute Gasteiger partial charge is 0.243 e. The van der Waals surface area contributed by atoms with Crippen molar-refractivity contribution in [1.82, 2.24) is 10.2 Å². The third-order valence-electron chi connectivity index (χ3n) is 6.02. The lowest BCUT2D eigenvalue weighted by Crippen LogP contribution is -2.50. The molecule has 1 N–H and O–H groups in total. The summed E-state index contributed by atoms with van der Waals surface area (Å²) in [7, 11) is 0. The van der Waals surface area contributed by atoms with Crippen LogP contribution in [-0.4, -0.2) is 28.8 Å². The quantitative estimate of drug-likeness (QED) is 0.377. The number of nitrogens with zero attached hydrogens (tertiary/aromatic N) is 1. The number of hydrogen-bond acceptors (Lipinski definition) is 2. The molecule has 0 aliphatic heterocycles. The first-order valence-electron chi connectivity index (χ1n) is 11.8. The normalized spacial score (nSPS) is 13.0. The minimum Gasteiger partial charge on any atom is -0.352 e. The molecular formula is C27H36Cl2N2O2. The van der Waals surface area contributed by atoms with Crippen LogP contribution in [0.4, 0.5) is 0 Å². The Morgan fingerprint density at radius 3 is 2.18 bits per heavy atom. The van der Waals surface area contributed by atoms with Gasteiger partial charge < -0.3 is 10.2 Å². The summed E-state index contributed by atoms with van der Waals surface area (Å²) in [4.78, 5) is 28.1. The zero-order chi connectivity index (χ0) is 24.5. The summed E-state index contributed by atoms with van der Waals surface area (Å²) >= 11 is 12.5. The van der Waals surface area contributed by atoms with Gasteiger partial charge in [0.05, 0.1) is 0 Å². The number of rotatable bonds is 11. The molecule has 6 heteroatoms. The summed E-state index contributed by atoms with van der Waals surface area (Å²) < 4.78 is 0. The number of aryl methyl sites for hydroxylation is 1. The van der Waals surface area contributed by atoms with E-state index in [0.29, 0.717) is 35.2 Å². The average molecular weight is 492 g/mol. The monoisotopic (exact) mass is 490 g/mol. The van der Waals surface area contributed by atoms with Gasteiger partial charge in [-0.1, -0.05) is 81.2 Å². The topological polar surface area (TPSA) is 49.4 Å². The molecule has 0 spiro atoms. The lowest BCUT2D eigenvalue weighted by Gasteiger charge is -2.32. The molecule has 2 amide bonds. The third kappa shape index (κ3) is 8.04. The summed E-state index contributed by atoms with van der Waals surface area (Å²) in [5, 5.41) is 4.05. The Hall–Kier alpha value is -2.04. The van der Waals surface area contributed by atoms with Gasteiger partial charge in [-0.05, 0) is 60.9 Å². The van der Waals surface area contributed by atoms with E-state index in [-0.39, 0.29) is 24.4 Å². The number of carbonyl (C=O) groups excluding carboxylic acids is 2. The second-order valence-electron chi connectivity index (χ2n) is 8.90. The SMILES string of the molecule is CC[C@@H](C)NC(=O)[C@H](CC)N(Cc1ccc(Cl)cc1Cl)C(=O)CCc1ccc(C(C)C)cc1. The number of halogens is 2. The van der Waals surface area contributed by atoms with E-state index in [1.165, 1.54) is 5.56 Å². The molecule has 0 unspecified atom stereocenters. The van der Waals surface area contributed by atoms with Crippen LogP contribution < -0.4 is 5.32 Å². The van der Waals surface area contributed by atoms with Gasteiger partial charge >= 0.3 is 0 Å². The zero-order valence-corrected chi connectivity index (χ0v) is 21.8. The van der Waals surface area contributed by atoms with Crippen molar-refractivity contribution in [2.45, 2.75) is 84.8 Å². The molecule has 2 atom stereocenters. The molecule has 0 aromatic heterocycles. The van der Waals surface area contributed by atoms with Crippen molar-refractivity contribution in [3.05, 3.63) is 69.2 Å². The number of benzene rings is 2. The van der Waals surface area contributed by atoms with Gasteiger partial charge in [0.2, 0.25) is 11.8 Å². The van der Waals surface area contributed by atoms with Crippen LogP contribution in [0.3, 0.4) is 0 Å². The van der Waals surface area contributed by atoms with Crippen LogP contribution in [0.5, 0.6) is 0 Å². The summed E-state index contributed by atoms with van der Waals surface area (Å²) in [5.74, 6) is 0.265. The van der Waals surface area contributed by atoms with Gasteiger partial charge in [0.15, 0.2) is 0 Å². The molecule has 180 valence electrons. The van der Waals surface area contributed by atoms with Crippen LogP contribution >= 0.6 is 23.2 Å². The molecule has 0 aliphatic carbocycles. The minimum atomic E-state index is -0.568. The molecule has 4 nitrogen and oxygen atoms in total. The fourth-order valence-corrected chi connectivity index (χ4v) is 4.13. The standard InChI is InChI=1S/C27H36Cl2N2O2/c1-6-19(5)30-27(33)25(7-2)31(17-22-13-14-23(28)16-24(22)29)26(32)15-10-20-8-11-21(12-9-20)18(3)4/h8-9,11-14,16,18-19,25H,6-7,10,15,17H2,1-5H3,(H,30,33)/t19-,25+/m1/s1. The van der Waals surface area contributed by atoms with Crippen molar-refractivity contribution >= 4 is 35.0 Å². The Kier molecular flexibility index (Phi) is 10.7. The maximum atomic E-state index is 13.4. The van der Waals surface area contributed by atoms with E-state index in [1.54, 1.807) is 17.0 Å². The highest BCUT2D eigenvalue weighted by Gasteiger charge is 2.29. The third-order valence-corrected chi connectivity index (χ3v) is 6.60. The number of nitrogens with one attached hydrogen (secondary N) is 1. The molecule has 0 bridgehead atoms. The number of hydrogen-bond donors (Lipinski definition) is 1. The van der Waals surface area contributed by atoms with Crippen molar-refractivity contribution < 1.29 is 9.59 Å². The molecule has 0 aliphatic rings. The van der Waals surface area contributed by atoms with E-state index < -0.39 is 6.04 Å². The Labute approximate surface area is 208 Å². The summed E-state index contributed by atoms with van der Waals surface area (Å²) in [5.41, 5.74) is 3.15. The fraction of sp³-hybridized carbons (Fsp3) is 0.481. The van der Waals surface area contributed by atoms with Crippen molar-refractivity contribution in [2.24, 2.45) is 0 Å². The van der Waals surface area contributed by atoms with Crippen LogP contribution in [-0.2, 0) is 22.6 Å². The molecule has 0 radical (unpaired) electrons. The minimum absolute atomic E-state index is 0.0436. The summed E-state index contributed by atoms with van der Waals surface area (Å²) in [6, 6.07) is 13.1. The second-order valence-corrected chi connectivity index (χ2v) is 9.74. The first-order valence-corrected chi connectivity index (χ1v) is 12.5. The molecule has 0 heterocycles. The van der Waals surface area contributed by atoms with Crippen molar-refractivity contribution in [3.8, 4) is 0 Å². The van der Waals surface area contributed by atoms with Gasteiger partial charge in [-0.15, -0.1) is 0 Å². The van der Waals surface area contributed by atoms with Gasteiger partial charge in [-0.25, -0.2) is 0 Å². The average Bonchev–Trinajstić information content (AvgIpc) is 2.78. The largest absolute Gasteiger partial charge is 0.352 e. The Morgan fingerprint density at radius 2 is 1.64 bits per heavy atom. The van der Waals surface area contributed by atoms with Crippen LogP contribution in [0.15, 0.2) is 42.5 Å². The fourth-order valence-electron chi connectivity index (χ4n) is 3.66. The highest BCUT2D eigenvalue weighted by Crippen LogP contribution is 2.24. The van der Waals surface area contributed by atoms with Gasteiger partial charge in [0.1, 0.15) is 6.04 Å². The van der Waals surface area contributed by atoms with Gasteiger partial charge in [0.25, 0.3) is 0 Å². The lowest BCUT2D eigenvalue weighted by molar-refractivity contribution is -0.141. The van der Waals surface area contributed by atoms with E-state index >= 15 is 0 Å². The molecule has 0 saturated carbocycles. The second kappa shape index (κ2) is 13.0. The molecule has 2 aromatic carbocycles. The van der Waals surface area contributed by atoms with Crippen molar-refractivity contribution in [3.63, 3.8) is 0 Å². The first kappa shape index (κ1) is 27.2. The molecule has 2 rings (SSSR count). The van der Waals surface area contributed by atoms with Crippen LogP contribution in [0.1, 0.15) is 76.5 Å². The van der Waals surface area contributed by atoms with Gasteiger partial charge in [-0.3, -0.25) is 9.59 Å². The van der Waals surface area contributed by atoms with Crippen molar-refractivity contribution in [1.29, 1.82) is 0 Å². The maximum Gasteiger partial charge on any atom is 0.243 e. The molecule has 0 fully saturated rings. The van der Waals surface area contributed by atoms with E-state index in [4.69, 9.17) is 23.2 Å². The van der Waals surface area contributed by atoms with Gasteiger partial charge in [0, 0.05) is 29.1 Å². The van der Waals surface area contributed by atoms with Crippen molar-refractivity contribution in [2.75, 3.05) is 0 Å². The Bertz CT molecular complexity index is 928. The summed E-state index contributed by atoms with van der Waals surface area (Å²) in [6.07, 6.45) is 2.28. The lowest BCUT2D eigenvalue weighted by atomic mass is 10.00. The molecule has 0 saturated heterocycles. The number of carbonyl (C=O) groups is 2. The Morgan fingerprint density at radius 1 is 0.970 bits per heavy atom. The van der Waals surface area contributed by atoms with Crippen LogP contribution in [0.25, 0.3) is 0 Å². The zero-order valence-electron chi connectivity index (χ0n) is 20.3. The van der Waals surface area contributed by atoms with E-state index in [1.807, 2.05) is 26.8 Å². The van der Waals surface area contributed by atoms with Crippen LogP contribution in [0.2, 0.25) is 10.0 Å². The van der Waals surface area contributed by atoms with E-state index in [2.05, 4.69) is 43.4 Å². The number of amides is 2. The highest BCUT2D eigenvalue weighted by molar-refractivity contribution is 6.35.